The maximum Gasteiger partial charge on any atom is 0.0661 e. The van der Waals surface area contributed by atoms with Gasteiger partial charge in [0.2, 0.25) is 0 Å². The van der Waals surface area contributed by atoms with Gasteiger partial charge in [0, 0.05) is 0 Å². The first-order chi connectivity index (χ1) is 20.7. The third-order valence-electron chi connectivity index (χ3n) is 14.0. The summed E-state index contributed by atoms with van der Waals surface area (Å²) in [5.41, 5.74) is 0.0241. The van der Waals surface area contributed by atoms with Crippen molar-refractivity contribution in [1.29, 1.82) is 0 Å². The summed E-state index contributed by atoms with van der Waals surface area (Å²) in [6, 6.07) is 0. The lowest BCUT2D eigenvalue weighted by molar-refractivity contribution is -0.183. The molecule has 0 N–H and O–H groups in total. The molecule has 0 spiro atoms. The molecule has 4 aliphatic rings. The van der Waals surface area contributed by atoms with Crippen LogP contribution in [0.5, 0.6) is 0 Å². The number of unbranched alkanes of at least 4 members (excludes halogenated alkanes) is 2. The van der Waals surface area contributed by atoms with Crippen molar-refractivity contribution in [3.63, 3.8) is 0 Å². The molecule has 0 aromatic carbocycles. The fourth-order valence-electron chi connectivity index (χ4n) is 10.7. The summed E-state index contributed by atoms with van der Waals surface area (Å²) in [4.78, 5) is 0. The Kier molecular flexibility index (Phi) is 14.8. The predicted molar refractivity (Wildman–Crippen MR) is 189 cm³/mol. The molecule has 4 aliphatic carbocycles. The van der Waals surface area contributed by atoms with Gasteiger partial charge in [-0.3, -0.25) is 0 Å². The Labute approximate surface area is 271 Å². The van der Waals surface area contributed by atoms with Crippen molar-refractivity contribution < 1.29 is 4.74 Å². The van der Waals surface area contributed by atoms with E-state index in [4.69, 9.17) is 4.74 Å². The summed E-state index contributed by atoms with van der Waals surface area (Å²) in [6.07, 6.45) is 38.3. The van der Waals surface area contributed by atoms with Gasteiger partial charge in [0.15, 0.2) is 0 Å². The van der Waals surface area contributed by atoms with Crippen LogP contribution in [0.15, 0.2) is 0 Å². The molecule has 0 atom stereocenters. The molecular weight excluding hydrogens is 520 g/mol. The van der Waals surface area contributed by atoms with Crippen LogP contribution in [0.25, 0.3) is 0 Å². The van der Waals surface area contributed by atoms with Crippen molar-refractivity contribution >= 4 is 0 Å². The predicted octanol–water partition coefficient (Wildman–Crippen LogP) is 13.7. The lowest BCUT2D eigenvalue weighted by Crippen LogP contribution is -2.47. The Morgan fingerprint density at radius 3 is 0.860 bits per heavy atom. The van der Waals surface area contributed by atoms with Gasteiger partial charge in [0.1, 0.15) is 0 Å². The van der Waals surface area contributed by atoms with Crippen LogP contribution in [0.3, 0.4) is 0 Å². The van der Waals surface area contributed by atoms with Gasteiger partial charge in [0.25, 0.3) is 0 Å². The van der Waals surface area contributed by atoms with Crippen LogP contribution < -0.4 is 0 Å². The highest BCUT2D eigenvalue weighted by atomic mass is 16.5. The fourth-order valence-corrected chi connectivity index (χ4v) is 10.7. The van der Waals surface area contributed by atoms with Crippen molar-refractivity contribution in [2.24, 2.45) is 47.3 Å². The van der Waals surface area contributed by atoms with Crippen LogP contribution in [0.1, 0.15) is 208 Å². The average molecular weight is 599 g/mol. The van der Waals surface area contributed by atoms with E-state index in [1.807, 2.05) is 0 Å². The Bertz CT molecular complexity index is 658. The molecule has 0 heterocycles. The van der Waals surface area contributed by atoms with Gasteiger partial charge >= 0.3 is 0 Å². The first-order valence-corrected chi connectivity index (χ1v) is 20.4. The largest absolute Gasteiger partial charge is 0.369 e. The third-order valence-corrected chi connectivity index (χ3v) is 14.0. The lowest BCUT2D eigenvalue weighted by Gasteiger charge is -2.48. The monoisotopic (exact) mass is 599 g/mol. The van der Waals surface area contributed by atoms with Crippen molar-refractivity contribution in [2.45, 2.75) is 220 Å². The molecule has 4 saturated carbocycles. The summed E-state index contributed by atoms with van der Waals surface area (Å²) in [5.74, 6) is 7.67. The minimum Gasteiger partial charge on any atom is -0.369 e. The van der Waals surface area contributed by atoms with Crippen molar-refractivity contribution in [2.75, 3.05) is 0 Å². The van der Waals surface area contributed by atoms with Crippen LogP contribution >= 0.6 is 0 Å². The summed E-state index contributed by atoms with van der Waals surface area (Å²) in [7, 11) is 0. The Morgan fingerprint density at radius 2 is 0.605 bits per heavy atom. The molecule has 1 nitrogen and oxygen atoms in total. The van der Waals surface area contributed by atoms with E-state index in [0.717, 1.165) is 47.3 Å². The molecule has 0 bridgehead atoms. The molecule has 43 heavy (non-hydrogen) atoms. The van der Waals surface area contributed by atoms with Gasteiger partial charge < -0.3 is 4.74 Å². The minimum absolute atomic E-state index is 0.0121. The van der Waals surface area contributed by atoms with E-state index in [0.29, 0.717) is 0 Å². The van der Waals surface area contributed by atoms with E-state index in [1.54, 1.807) is 0 Å². The van der Waals surface area contributed by atoms with Crippen molar-refractivity contribution in [3.05, 3.63) is 0 Å². The maximum absolute atomic E-state index is 7.16. The molecule has 0 aromatic heterocycles. The van der Waals surface area contributed by atoms with E-state index in [9.17, 15) is 0 Å². The SMILES string of the molecule is CCCCC1CCC(CCC2CCC(C(C)(C)OC(C)(C)C3CCC(CCC4CCC(CCCC)CC4)CC3)CC2)CC1. The number of ether oxygens (including phenoxy) is 1. The Morgan fingerprint density at radius 1 is 0.372 bits per heavy atom. The van der Waals surface area contributed by atoms with E-state index in [-0.39, 0.29) is 11.2 Å². The molecule has 0 radical (unpaired) electrons. The minimum atomic E-state index is 0.0121. The molecule has 1 heteroatoms. The van der Waals surface area contributed by atoms with Crippen LogP contribution in [0.2, 0.25) is 0 Å². The van der Waals surface area contributed by atoms with Crippen LogP contribution in [0.4, 0.5) is 0 Å². The summed E-state index contributed by atoms with van der Waals surface area (Å²) in [5, 5.41) is 0. The van der Waals surface area contributed by atoms with Crippen LogP contribution in [-0.4, -0.2) is 11.2 Å². The van der Waals surface area contributed by atoms with Gasteiger partial charge in [-0.15, -0.1) is 0 Å². The molecule has 0 unspecified atom stereocenters. The molecule has 252 valence electrons. The van der Waals surface area contributed by atoms with Gasteiger partial charge in [0.05, 0.1) is 11.2 Å². The zero-order valence-electron chi connectivity index (χ0n) is 30.4. The fraction of sp³-hybridized carbons (Fsp3) is 1.00. The van der Waals surface area contributed by atoms with Crippen LogP contribution in [0, 0.1) is 47.3 Å². The zero-order valence-corrected chi connectivity index (χ0v) is 30.4. The van der Waals surface area contributed by atoms with Gasteiger partial charge in [-0.2, -0.15) is 0 Å². The first-order valence-electron chi connectivity index (χ1n) is 20.4. The number of hydrogen-bond acceptors (Lipinski definition) is 1. The van der Waals surface area contributed by atoms with Gasteiger partial charge in [-0.25, -0.2) is 0 Å². The van der Waals surface area contributed by atoms with Crippen LogP contribution in [-0.2, 0) is 4.74 Å². The average Bonchev–Trinajstić information content (AvgIpc) is 3.01. The topological polar surface area (TPSA) is 9.23 Å². The van der Waals surface area contributed by atoms with E-state index < -0.39 is 0 Å². The number of rotatable bonds is 16. The van der Waals surface area contributed by atoms with E-state index >= 15 is 0 Å². The number of hydrogen-bond donors (Lipinski definition) is 0. The Hall–Kier alpha value is -0.0400. The molecule has 4 rings (SSSR count). The summed E-state index contributed by atoms with van der Waals surface area (Å²) in [6.45, 7) is 14.5. The van der Waals surface area contributed by atoms with Gasteiger partial charge in [-0.05, 0) is 101 Å². The van der Waals surface area contributed by atoms with Crippen molar-refractivity contribution in [1.82, 2.24) is 0 Å². The smallest absolute Gasteiger partial charge is 0.0661 e. The molecule has 0 saturated heterocycles. The molecule has 0 aliphatic heterocycles. The molecule has 0 amide bonds. The highest BCUT2D eigenvalue weighted by Crippen LogP contribution is 2.46. The van der Waals surface area contributed by atoms with E-state index in [1.165, 1.54) is 167 Å². The third kappa shape index (κ3) is 11.6. The lowest BCUT2D eigenvalue weighted by atomic mass is 9.70. The summed E-state index contributed by atoms with van der Waals surface area (Å²) < 4.78 is 7.16. The first kappa shape index (κ1) is 35.8. The molecular formula is C42H78O. The standard InChI is InChI=1S/C42H78O/c1-7-9-11-33-13-17-35(18-14-33)21-23-37-25-29-39(30-26-37)41(3,4)43-42(5,6)40-31-27-38(28-32-40)24-22-36-19-15-34(16-20-36)12-10-8-2/h33-40H,7-32H2,1-6H3. The van der Waals surface area contributed by atoms with Gasteiger partial charge in [-0.1, -0.05) is 155 Å². The summed E-state index contributed by atoms with van der Waals surface area (Å²) >= 11 is 0. The maximum atomic E-state index is 7.16. The highest BCUT2D eigenvalue weighted by molar-refractivity contribution is 4.92. The zero-order chi connectivity index (χ0) is 30.7. The normalized spacial score (nSPS) is 34.7. The second kappa shape index (κ2) is 17.8. The Balaban J connectivity index is 1.09. The molecule has 0 aromatic rings. The second-order valence-corrected chi connectivity index (χ2v) is 18.0. The molecule has 4 fully saturated rings. The highest BCUT2D eigenvalue weighted by Gasteiger charge is 2.42. The van der Waals surface area contributed by atoms with E-state index in [2.05, 4.69) is 41.5 Å². The van der Waals surface area contributed by atoms with Crippen molar-refractivity contribution in [3.8, 4) is 0 Å². The quantitative estimate of drug-likeness (QED) is 0.172. The second-order valence-electron chi connectivity index (χ2n) is 18.0.